The number of ketones is 1. The van der Waals surface area contributed by atoms with Crippen LogP contribution in [0, 0.1) is 0 Å². The number of amides is 1. The highest BCUT2D eigenvalue weighted by molar-refractivity contribution is 6.31. The molecular weight excluding hydrogens is 514 g/mol. The quantitative estimate of drug-likeness (QED) is 0.386. The van der Waals surface area contributed by atoms with Gasteiger partial charge in [-0.05, 0) is 73.7 Å². The van der Waals surface area contributed by atoms with E-state index in [-0.39, 0.29) is 35.7 Å². The van der Waals surface area contributed by atoms with Gasteiger partial charge in [-0.1, -0.05) is 23.2 Å². The first-order chi connectivity index (χ1) is 17.1. The Bertz CT molecular complexity index is 1350. The van der Waals surface area contributed by atoms with Gasteiger partial charge in [-0.25, -0.2) is 4.98 Å². The number of rotatable bonds is 4. The van der Waals surface area contributed by atoms with Crippen LogP contribution in [-0.2, 0) is 11.0 Å². The smallest absolute Gasteiger partial charge is 0.382 e. The number of pyridine rings is 1. The number of hydrogen-bond donors (Lipinski definition) is 2. The van der Waals surface area contributed by atoms with Crippen LogP contribution in [0.1, 0.15) is 59.6 Å². The van der Waals surface area contributed by atoms with E-state index in [0.717, 1.165) is 6.07 Å². The Balaban J connectivity index is 1.25. The van der Waals surface area contributed by atoms with E-state index in [1.165, 1.54) is 12.1 Å². The third-order valence-electron chi connectivity index (χ3n) is 6.89. The fraction of sp³-hybridized carbons (Fsp3) is 0.346. The second-order valence-corrected chi connectivity index (χ2v) is 10.2. The van der Waals surface area contributed by atoms with Crippen molar-refractivity contribution in [2.45, 2.75) is 56.3 Å². The molecule has 10 heteroatoms. The summed E-state index contributed by atoms with van der Waals surface area (Å²) < 4.78 is 40.2. The van der Waals surface area contributed by atoms with E-state index in [9.17, 15) is 22.8 Å². The van der Waals surface area contributed by atoms with Crippen LogP contribution in [-0.4, -0.2) is 28.8 Å². The van der Waals surface area contributed by atoms with Crippen LogP contribution in [0.2, 0.25) is 10.0 Å². The van der Waals surface area contributed by atoms with Gasteiger partial charge in [-0.2, -0.15) is 13.2 Å². The predicted molar refractivity (Wildman–Crippen MR) is 133 cm³/mol. The van der Waals surface area contributed by atoms with E-state index in [1.807, 2.05) is 0 Å². The minimum atomic E-state index is -4.57. The molecule has 36 heavy (non-hydrogen) atoms. The largest absolute Gasteiger partial charge is 0.433 e. The van der Waals surface area contributed by atoms with Crippen molar-refractivity contribution in [3.05, 3.63) is 69.3 Å². The molecule has 1 fully saturated rings. The zero-order chi connectivity index (χ0) is 25.6. The summed E-state index contributed by atoms with van der Waals surface area (Å²) >= 11 is 12.2. The fourth-order valence-electron chi connectivity index (χ4n) is 5.08. The van der Waals surface area contributed by atoms with E-state index in [0.29, 0.717) is 57.9 Å². The lowest BCUT2D eigenvalue weighted by molar-refractivity contribution is -0.140. The number of carbonyl (C=O) groups excluding carboxylic acids is 2. The van der Waals surface area contributed by atoms with E-state index < -0.39 is 17.8 Å². The number of alkyl halides is 3. The zero-order valence-corrected chi connectivity index (χ0v) is 20.5. The van der Waals surface area contributed by atoms with E-state index in [4.69, 9.17) is 23.2 Å². The standard InChI is InChI=1S/C26H22Cl2F3N3O2/c27-13-1-7-17-18(9-13)19(11-23(17)35)25(36)33-16-5-3-15(4-6-16)32-22-12-24(26(29,30)31)34-21-8-2-14(28)10-20(21)22/h1-2,7-10,12,15-16,19H,3-6,11H2,(H,32,34)(H,33,36). The van der Waals surface area contributed by atoms with Crippen LogP contribution in [0.5, 0.6) is 0 Å². The van der Waals surface area contributed by atoms with Crippen LogP contribution in [0.3, 0.4) is 0 Å². The first-order valence-corrected chi connectivity index (χ1v) is 12.4. The van der Waals surface area contributed by atoms with Gasteiger partial charge in [0.25, 0.3) is 0 Å². The average Bonchev–Trinajstić information content (AvgIpc) is 3.15. The van der Waals surface area contributed by atoms with Gasteiger partial charge >= 0.3 is 6.18 Å². The lowest BCUT2D eigenvalue weighted by Gasteiger charge is -2.31. The summed E-state index contributed by atoms with van der Waals surface area (Å²) in [4.78, 5) is 29.0. The highest BCUT2D eigenvalue weighted by Gasteiger charge is 2.36. The van der Waals surface area contributed by atoms with Crippen LogP contribution < -0.4 is 10.6 Å². The maximum Gasteiger partial charge on any atom is 0.433 e. The Morgan fingerprint density at radius 1 is 0.944 bits per heavy atom. The molecule has 1 atom stereocenters. The van der Waals surface area contributed by atoms with Gasteiger partial charge in [0.05, 0.1) is 11.4 Å². The molecule has 0 radical (unpaired) electrons. The Hall–Kier alpha value is -2.84. The molecule has 2 aromatic carbocycles. The van der Waals surface area contributed by atoms with Crippen molar-refractivity contribution in [1.82, 2.24) is 10.3 Å². The Morgan fingerprint density at radius 2 is 1.61 bits per heavy atom. The molecule has 1 amide bonds. The molecule has 0 saturated heterocycles. The van der Waals surface area contributed by atoms with Gasteiger partial charge in [0.1, 0.15) is 5.69 Å². The van der Waals surface area contributed by atoms with Crippen LogP contribution in [0.4, 0.5) is 18.9 Å². The number of hydrogen-bond acceptors (Lipinski definition) is 4. The molecule has 5 rings (SSSR count). The molecular formula is C26H22Cl2F3N3O2. The molecule has 0 spiro atoms. The molecule has 2 N–H and O–H groups in total. The first-order valence-electron chi connectivity index (χ1n) is 11.7. The number of Topliss-reactive ketones (excluding diaryl/α,β-unsaturated/α-hetero) is 1. The molecule has 1 saturated carbocycles. The number of nitrogens with one attached hydrogen (secondary N) is 2. The summed E-state index contributed by atoms with van der Waals surface area (Å²) in [6.07, 6.45) is -1.83. The van der Waals surface area contributed by atoms with Gasteiger partial charge in [0.2, 0.25) is 5.91 Å². The highest BCUT2D eigenvalue weighted by atomic mass is 35.5. The van der Waals surface area contributed by atoms with Crippen molar-refractivity contribution in [3.63, 3.8) is 0 Å². The molecule has 3 aromatic rings. The summed E-state index contributed by atoms with van der Waals surface area (Å²) in [7, 11) is 0. The minimum Gasteiger partial charge on any atom is -0.382 e. The van der Waals surface area contributed by atoms with E-state index in [1.54, 1.807) is 24.3 Å². The summed E-state index contributed by atoms with van der Waals surface area (Å²) in [5.74, 6) is -0.834. The molecule has 1 heterocycles. The van der Waals surface area contributed by atoms with Crippen LogP contribution in [0.25, 0.3) is 10.9 Å². The molecule has 2 aliphatic rings. The topological polar surface area (TPSA) is 71.1 Å². The van der Waals surface area contributed by atoms with Crippen molar-refractivity contribution >= 4 is 51.5 Å². The first kappa shape index (κ1) is 24.8. The number of anilines is 1. The maximum absolute atomic E-state index is 13.4. The predicted octanol–water partition coefficient (Wildman–Crippen LogP) is 6.77. The molecule has 0 aliphatic heterocycles. The number of aromatic nitrogens is 1. The number of carbonyl (C=O) groups is 2. The van der Waals surface area contributed by atoms with Crippen molar-refractivity contribution in [1.29, 1.82) is 0 Å². The molecule has 188 valence electrons. The number of nitrogens with zero attached hydrogens (tertiary/aromatic N) is 1. The van der Waals surface area contributed by atoms with Gasteiger partial charge in [-0.15, -0.1) is 0 Å². The fourth-order valence-corrected chi connectivity index (χ4v) is 5.43. The van der Waals surface area contributed by atoms with E-state index in [2.05, 4.69) is 15.6 Å². The van der Waals surface area contributed by atoms with E-state index >= 15 is 0 Å². The van der Waals surface area contributed by atoms with Crippen molar-refractivity contribution in [2.24, 2.45) is 0 Å². The minimum absolute atomic E-state index is 0.0716. The highest BCUT2D eigenvalue weighted by Crippen LogP contribution is 2.37. The molecule has 2 aliphatic carbocycles. The number of halogens is 5. The van der Waals surface area contributed by atoms with Crippen molar-refractivity contribution < 1.29 is 22.8 Å². The monoisotopic (exact) mass is 535 g/mol. The zero-order valence-electron chi connectivity index (χ0n) is 19.0. The number of fused-ring (bicyclic) bond motifs is 2. The van der Waals surface area contributed by atoms with Crippen molar-refractivity contribution in [3.8, 4) is 0 Å². The van der Waals surface area contributed by atoms with Gasteiger partial charge < -0.3 is 10.6 Å². The van der Waals surface area contributed by atoms with Gasteiger partial charge in [0.15, 0.2) is 5.78 Å². The molecule has 5 nitrogen and oxygen atoms in total. The molecule has 0 bridgehead atoms. The third kappa shape index (κ3) is 5.02. The third-order valence-corrected chi connectivity index (χ3v) is 7.36. The lowest BCUT2D eigenvalue weighted by atomic mass is 9.90. The Labute approximate surface area is 215 Å². The van der Waals surface area contributed by atoms with Crippen LogP contribution in [0.15, 0.2) is 42.5 Å². The summed E-state index contributed by atoms with van der Waals surface area (Å²) in [6.45, 7) is 0. The number of benzene rings is 2. The van der Waals surface area contributed by atoms with Crippen LogP contribution >= 0.6 is 23.2 Å². The Kier molecular flexibility index (Phi) is 6.59. The summed E-state index contributed by atoms with van der Waals surface area (Å²) in [5, 5.41) is 7.71. The Morgan fingerprint density at radius 3 is 2.33 bits per heavy atom. The average molecular weight is 536 g/mol. The van der Waals surface area contributed by atoms with Gasteiger partial charge in [0, 0.05) is 45.2 Å². The normalized spacial score (nSPS) is 21.9. The second-order valence-electron chi connectivity index (χ2n) is 9.33. The SMILES string of the molecule is O=C1CC(C(=O)NC2CCC(Nc3cc(C(F)(F)F)nc4ccc(Cl)cc34)CC2)c2cc(Cl)ccc21. The molecule has 1 unspecified atom stereocenters. The van der Waals surface area contributed by atoms with Gasteiger partial charge in [-0.3, -0.25) is 9.59 Å². The summed E-state index contributed by atoms with van der Waals surface area (Å²) in [5.41, 5.74) is 0.774. The summed E-state index contributed by atoms with van der Waals surface area (Å²) in [6, 6.07) is 10.4. The molecule has 1 aromatic heterocycles. The van der Waals surface area contributed by atoms with Crippen molar-refractivity contribution in [2.75, 3.05) is 5.32 Å². The second kappa shape index (κ2) is 9.56. The lowest BCUT2D eigenvalue weighted by Crippen LogP contribution is -2.42. The maximum atomic E-state index is 13.4.